The smallest absolute Gasteiger partial charge is 0.284 e. The average molecular weight is 378 g/mol. The highest BCUT2D eigenvalue weighted by atomic mass is 79.9. The van der Waals surface area contributed by atoms with Crippen LogP contribution in [0, 0.1) is 17.0 Å². The lowest BCUT2D eigenvalue weighted by Gasteiger charge is -2.24. The van der Waals surface area contributed by atoms with Crippen molar-refractivity contribution in [2.45, 2.75) is 13.8 Å². The fourth-order valence-electron chi connectivity index (χ4n) is 2.03. The van der Waals surface area contributed by atoms with Crippen LogP contribution in [0.5, 0.6) is 0 Å². The molecule has 1 amide bonds. The van der Waals surface area contributed by atoms with Crippen LogP contribution in [0.25, 0.3) is 0 Å². The van der Waals surface area contributed by atoms with Gasteiger partial charge in [-0.25, -0.2) is 0 Å². The minimum Gasteiger partial charge on any atom is -0.286 e. The van der Waals surface area contributed by atoms with Crippen molar-refractivity contribution in [3.8, 4) is 0 Å². The minimum atomic E-state index is -0.529. The summed E-state index contributed by atoms with van der Waals surface area (Å²) in [5, 5.41) is 12.7. The third-order valence-corrected chi connectivity index (χ3v) is 3.97. The van der Waals surface area contributed by atoms with E-state index in [4.69, 9.17) is 0 Å². The number of nitrogens with one attached hydrogen (secondary N) is 1. The number of nitro groups is 1. The predicted molar refractivity (Wildman–Crippen MR) is 92.5 cm³/mol. The molecule has 0 bridgehead atoms. The Morgan fingerprint density at radius 1 is 1.26 bits per heavy atom. The summed E-state index contributed by atoms with van der Waals surface area (Å²) in [6.07, 6.45) is 0. The Kier molecular flexibility index (Phi) is 5.33. The molecule has 0 aliphatic rings. The number of anilines is 1. The second kappa shape index (κ2) is 7.23. The number of benzene rings is 2. The molecule has 2 aromatic rings. The van der Waals surface area contributed by atoms with Gasteiger partial charge in [-0.3, -0.25) is 25.3 Å². The van der Waals surface area contributed by atoms with Crippen molar-refractivity contribution in [2.75, 3.05) is 11.6 Å². The summed E-state index contributed by atoms with van der Waals surface area (Å²) < 4.78 is 0.338. The van der Waals surface area contributed by atoms with Gasteiger partial charge in [-0.2, -0.15) is 0 Å². The van der Waals surface area contributed by atoms with E-state index in [9.17, 15) is 14.9 Å². The standard InChI is InChI=1S/C16H16BrN3O3/c1-3-19(13-7-4-11(2)5-8-13)18-16(21)12-6-9-14(17)15(10-12)20(22)23/h4-10H,3H2,1-2H3,(H,18,21). The van der Waals surface area contributed by atoms with E-state index in [1.807, 2.05) is 38.1 Å². The molecule has 0 saturated heterocycles. The first-order valence-electron chi connectivity index (χ1n) is 7.01. The van der Waals surface area contributed by atoms with E-state index in [1.54, 1.807) is 5.01 Å². The Hall–Kier alpha value is -2.41. The predicted octanol–water partition coefficient (Wildman–Crippen LogP) is 3.84. The normalized spacial score (nSPS) is 10.2. The maximum atomic E-state index is 12.3. The van der Waals surface area contributed by atoms with E-state index in [1.165, 1.54) is 18.2 Å². The van der Waals surface area contributed by atoms with Gasteiger partial charge < -0.3 is 0 Å². The van der Waals surface area contributed by atoms with E-state index < -0.39 is 10.8 Å². The number of nitrogens with zero attached hydrogens (tertiary/aromatic N) is 2. The second-order valence-electron chi connectivity index (χ2n) is 4.94. The first-order chi connectivity index (χ1) is 10.9. The molecule has 0 fully saturated rings. The van der Waals surface area contributed by atoms with Crippen molar-refractivity contribution in [2.24, 2.45) is 0 Å². The zero-order valence-corrected chi connectivity index (χ0v) is 14.3. The van der Waals surface area contributed by atoms with E-state index in [0.717, 1.165) is 11.3 Å². The summed E-state index contributed by atoms with van der Waals surface area (Å²) in [6, 6.07) is 12.0. The van der Waals surface area contributed by atoms with Gasteiger partial charge in [0.2, 0.25) is 0 Å². The number of carbonyl (C=O) groups excluding carboxylic acids is 1. The summed E-state index contributed by atoms with van der Waals surface area (Å²) in [6.45, 7) is 4.46. The summed E-state index contributed by atoms with van der Waals surface area (Å²) >= 11 is 3.10. The maximum Gasteiger partial charge on any atom is 0.284 e. The lowest BCUT2D eigenvalue weighted by Crippen LogP contribution is -2.42. The number of hydrogen-bond donors (Lipinski definition) is 1. The first-order valence-corrected chi connectivity index (χ1v) is 7.80. The molecule has 0 unspecified atom stereocenters. The van der Waals surface area contributed by atoms with E-state index in [-0.39, 0.29) is 11.3 Å². The number of amides is 1. The van der Waals surface area contributed by atoms with Gasteiger partial charge >= 0.3 is 0 Å². The molecule has 0 spiro atoms. The molecule has 7 heteroatoms. The summed E-state index contributed by atoms with van der Waals surface area (Å²) in [4.78, 5) is 22.8. The van der Waals surface area contributed by atoms with E-state index in [2.05, 4.69) is 21.4 Å². The third kappa shape index (κ3) is 4.07. The molecule has 23 heavy (non-hydrogen) atoms. The molecular formula is C16H16BrN3O3. The lowest BCUT2D eigenvalue weighted by molar-refractivity contribution is -0.385. The molecular weight excluding hydrogens is 362 g/mol. The molecule has 1 N–H and O–H groups in total. The highest BCUT2D eigenvalue weighted by molar-refractivity contribution is 9.10. The monoisotopic (exact) mass is 377 g/mol. The lowest BCUT2D eigenvalue weighted by atomic mass is 10.2. The summed E-state index contributed by atoms with van der Waals surface area (Å²) in [5.41, 5.74) is 4.82. The number of nitro benzene ring substituents is 1. The van der Waals surface area contributed by atoms with E-state index in [0.29, 0.717) is 11.0 Å². The fourth-order valence-corrected chi connectivity index (χ4v) is 2.42. The van der Waals surface area contributed by atoms with Gasteiger partial charge in [0.05, 0.1) is 15.1 Å². The molecule has 0 atom stereocenters. The molecule has 0 saturated carbocycles. The van der Waals surface area contributed by atoms with Crippen LogP contribution < -0.4 is 10.4 Å². The van der Waals surface area contributed by atoms with Crippen molar-refractivity contribution < 1.29 is 9.72 Å². The fraction of sp³-hybridized carbons (Fsp3) is 0.188. The van der Waals surface area contributed by atoms with Crippen molar-refractivity contribution in [3.63, 3.8) is 0 Å². The van der Waals surface area contributed by atoms with Gasteiger partial charge in [-0.05, 0) is 54.0 Å². The van der Waals surface area contributed by atoms with Crippen LogP contribution in [-0.4, -0.2) is 17.4 Å². The summed E-state index contributed by atoms with van der Waals surface area (Å²) in [7, 11) is 0. The van der Waals surface area contributed by atoms with Crippen LogP contribution in [0.4, 0.5) is 11.4 Å². The van der Waals surface area contributed by atoms with Crippen molar-refractivity contribution in [1.29, 1.82) is 0 Å². The maximum absolute atomic E-state index is 12.3. The molecule has 2 rings (SSSR count). The Morgan fingerprint density at radius 2 is 1.91 bits per heavy atom. The zero-order chi connectivity index (χ0) is 17.0. The largest absolute Gasteiger partial charge is 0.286 e. The quantitative estimate of drug-likeness (QED) is 0.634. The highest BCUT2D eigenvalue weighted by Gasteiger charge is 2.17. The Bertz CT molecular complexity index is 732. The third-order valence-electron chi connectivity index (χ3n) is 3.30. The number of hydrogen-bond acceptors (Lipinski definition) is 4. The number of carbonyl (C=O) groups is 1. The topological polar surface area (TPSA) is 75.5 Å². The van der Waals surface area contributed by atoms with E-state index >= 15 is 0 Å². The van der Waals surface area contributed by atoms with Crippen molar-refractivity contribution >= 4 is 33.2 Å². The van der Waals surface area contributed by atoms with Gasteiger partial charge in [-0.15, -0.1) is 0 Å². The average Bonchev–Trinajstić information content (AvgIpc) is 2.53. The SMILES string of the molecule is CCN(NC(=O)c1ccc(Br)c([N+](=O)[O-])c1)c1ccc(C)cc1. The van der Waals surface area contributed by atoms with Crippen LogP contribution in [-0.2, 0) is 0 Å². The molecule has 0 aromatic heterocycles. The van der Waals surface area contributed by atoms with Gasteiger partial charge in [0.15, 0.2) is 0 Å². The van der Waals surface area contributed by atoms with Crippen LogP contribution in [0.3, 0.4) is 0 Å². The molecule has 0 aliphatic carbocycles. The minimum absolute atomic E-state index is 0.143. The Morgan fingerprint density at radius 3 is 2.48 bits per heavy atom. The Labute approximate surface area is 142 Å². The molecule has 0 aliphatic heterocycles. The molecule has 0 heterocycles. The molecule has 6 nitrogen and oxygen atoms in total. The van der Waals surface area contributed by atoms with Crippen LogP contribution in [0.2, 0.25) is 0 Å². The number of rotatable bonds is 5. The van der Waals surface area contributed by atoms with Crippen LogP contribution in [0.1, 0.15) is 22.8 Å². The number of aryl methyl sites for hydroxylation is 1. The number of halogens is 1. The van der Waals surface area contributed by atoms with Gasteiger partial charge in [0.25, 0.3) is 11.6 Å². The van der Waals surface area contributed by atoms with Crippen molar-refractivity contribution in [3.05, 3.63) is 68.2 Å². The second-order valence-corrected chi connectivity index (χ2v) is 5.80. The van der Waals surface area contributed by atoms with Crippen molar-refractivity contribution in [1.82, 2.24) is 5.43 Å². The van der Waals surface area contributed by atoms with Crippen LogP contribution in [0.15, 0.2) is 46.9 Å². The number of hydrazine groups is 1. The van der Waals surface area contributed by atoms with Crippen LogP contribution >= 0.6 is 15.9 Å². The zero-order valence-electron chi connectivity index (χ0n) is 12.7. The molecule has 120 valence electrons. The van der Waals surface area contributed by atoms with Gasteiger partial charge in [-0.1, -0.05) is 17.7 Å². The summed E-state index contributed by atoms with van der Waals surface area (Å²) in [5.74, 6) is -0.400. The highest BCUT2D eigenvalue weighted by Crippen LogP contribution is 2.25. The van der Waals surface area contributed by atoms with Gasteiger partial charge in [0, 0.05) is 18.2 Å². The first kappa shape index (κ1) is 17.0. The molecule has 2 aromatic carbocycles. The van der Waals surface area contributed by atoms with Gasteiger partial charge in [0.1, 0.15) is 0 Å². The molecule has 0 radical (unpaired) electrons. The Balaban J connectivity index is 2.21.